The predicted molar refractivity (Wildman–Crippen MR) is 72.6 cm³/mol. The summed E-state index contributed by atoms with van der Waals surface area (Å²) in [6.07, 6.45) is 2.03. The van der Waals surface area contributed by atoms with Crippen LogP contribution < -0.4 is 5.32 Å². The Kier molecular flexibility index (Phi) is 4.36. The Morgan fingerprint density at radius 1 is 1.28 bits per heavy atom. The Bertz CT molecular complexity index is 479. The third-order valence-corrected chi connectivity index (χ3v) is 2.73. The Morgan fingerprint density at radius 3 is 2.78 bits per heavy atom. The standard InChI is InChI=1S/C14H19N3O/c1-12-11-17(8-9-18-2)14(16-12)15-10-13-6-4-3-5-7-13/h3-7,11H,8-10H2,1-2H3,(H,15,16). The van der Waals surface area contributed by atoms with Gasteiger partial charge in [-0.2, -0.15) is 0 Å². The lowest BCUT2D eigenvalue weighted by Gasteiger charge is -2.09. The molecular formula is C14H19N3O. The molecule has 1 heterocycles. The van der Waals surface area contributed by atoms with Crippen molar-refractivity contribution in [2.45, 2.75) is 20.0 Å². The van der Waals surface area contributed by atoms with Crippen molar-refractivity contribution < 1.29 is 4.74 Å². The van der Waals surface area contributed by atoms with Gasteiger partial charge in [0.2, 0.25) is 5.95 Å². The largest absolute Gasteiger partial charge is 0.383 e. The van der Waals surface area contributed by atoms with Crippen molar-refractivity contribution >= 4 is 5.95 Å². The molecule has 0 unspecified atom stereocenters. The highest BCUT2D eigenvalue weighted by Crippen LogP contribution is 2.10. The van der Waals surface area contributed by atoms with Gasteiger partial charge >= 0.3 is 0 Å². The first-order valence-electron chi connectivity index (χ1n) is 6.10. The summed E-state index contributed by atoms with van der Waals surface area (Å²) in [6, 6.07) is 10.3. The molecule has 0 aliphatic heterocycles. The maximum absolute atomic E-state index is 5.10. The SMILES string of the molecule is COCCn1cc(C)nc1NCc1ccccc1. The van der Waals surface area contributed by atoms with E-state index in [0.717, 1.165) is 24.7 Å². The minimum Gasteiger partial charge on any atom is -0.383 e. The minimum absolute atomic E-state index is 0.690. The molecule has 0 saturated heterocycles. The Morgan fingerprint density at radius 2 is 2.06 bits per heavy atom. The maximum atomic E-state index is 5.10. The van der Waals surface area contributed by atoms with Crippen molar-refractivity contribution in [3.8, 4) is 0 Å². The molecule has 1 N–H and O–H groups in total. The zero-order valence-electron chi connectivity index (χ0n) is 10.9. The van der Waals surface area contributed by atoms with E-state index in [1.165, 1.54) is 5.56 Å². The van der Waals surface area contributed by atoms with E-state index in [4.69, 9.17) is 4.74 Å². The highest BCUT2D eigenvalue weighted by molar-refractivity contribution is 5.31. The van der Waals surface area contributed by atoms with E-state index in [2.05, 4.69) is 27.0 Å². The molecule has 2 aromatic rings. The van der Waals surface area contributed by atoms with Crippen molar-refractivity contribution in [3.63, 3.8) is 0 Å². The Labute approximate surface area is 108 Å². The second-order valence-corrected chi connectivity index (χ2v) is 4.23. The Balaban J connectivity index is 2.00. The van der Waals surface area contributed by atoms with Crippen molar-refractivity contribution in [1.29, 1.82) is 0 Å². The van der Waals surface area contributed by atoms with E-state index in [-0.39, 0.29) is 0 Å². The summed E-state index contributed by atoms with van der Waals surface area (Å²) in [5.74, 6) is 0.897. The number of aromatic nitrogens is 2. The summed E-state index contributed by atoms with van der Waals surface area (Å²) in [4.78, 5) is 4.47. The van der Waals surface area contributed by atoms with Gasteiger partial charge in [0.25, 0.3) is 0 Å². The quantitative estimate of drug-likeness (QED) is 0.849. The molecule has 0 spiro atoms. The Hall–Kier alpha value is -1.81. The number of aryl methyl sites for hydroxylation is 1. The first-order chi connectivity index (χ1) is 8.79. The van der Waals surface area contributed by atoms with Crippen molar-refractivity contribution in [3.05, 3.63) is 47.8 Å². The molecule has 0 atom stereocenters. The molecule has 0 aliphatic rings. The average molecular weight is 245 g/mol. The summed E-state index contributed by atoms with van der Waals surface area (Å²) in [7, 11) is 1.71. The molecule has 96 valence electrons. The fraction of sp³-hybridized carbons (Fsp3) is 0.357. The van der Waals surface area contributed by atoms with Gasteiger partial charge in [-0.3, -0.25) is 0 Å². The molecule has 2 rings (SSSR count). The molecule has 4 heteroatoms. The second-order valence-electron chi connectivity index (χ2n) is 4.23. The van der Waals surface area contributed by atoms with E-state index in [0.29, 0.717) is 6.61 Å². The van der Waals surface area contributed by atoms with Gasteiger partial charge in [-0.25, -0.2) is 4.98 Å². The van der Waals surface area contributed by atoms with Crippen molar-refractivity contribution in [2.24, 2.45) is 0 Å². The molecule has 0 bridgehead atoms. The number of hydrogen-bond acceptors (Lipinski definition) is 3. The van der Waals surface area contributed by atoms with Gasteiger partial charge in [-0.15, -0.1) is 0 Å². The first kappa shape index (κ1) is 12.6. The third kappa shape index (κ3) is 3.34. The minimum atomic E-state index is 0.690. The van der Waals surface area contributed by atoms with Gasteiger partial charge < -0.3 is 14.6 Å². The van der Waals surface area contributed by atoms with Crippen LogP contribution in [0.4, 0.5) is 5.95 Å². The number of ether oxygens (including phenoxy) is 1. The summed E-state index contributed by atoms with van der Waals surface area (Å²) in [5.41, 5.74) is 2.26. The van der Waals surface area contributed by atoms with Gasteiger partial charge in [0, 0.05) is 26.4 Å². The summed E-state index contributed by atoms with van der Waals surface area (Å²) < 4.78 is 7.18. The number of methoxy groups -OCH3 is 1. The van der Waals surface area contributed by atoms with Gasteiger partial charge in [0.15, 0.2) is 0 Å². The molecule has 4 nitrogen and oxygen atoms in total. The number of nitrogens with zero attached hydrogens (tertiary/aromatic N) is 2. The van der Waals surface area contributed by atoms with Gasteiger partial charge in [-0.05, 0) is 12.5 Å². The number of hydrogen-bond donors (Lipinski definition) is 1. The van der Waals surface area contributed by atoms with Gasteiger partial charge in [0.1, 0.15) is 0 Å². The van der Waals surface area contributed by atoms with Crippen LogP contribution in [0.5, 0.6) is 0 Å². The summed E-state index contributed by atoms with van der Waals surface area (Å²) in [6.45, 7) is 4.28. The normalized spacial score (nSPS) is 10.6. The predicted octanol–water partition coefficient (Wildman–Crippen LogP) is 2.45. The molecular weight excluding hydrogens is 226 g/mol. The van der Waals surface area contributed by atoms with Crippen LogP contribution in [0.2, 0.25) is 0 Å². The zero-order chi connectivity index (χ0) is 12.8. The van der Waals surface area contributed by atoms with E-state index in [9.17, 15) is 0 Å². The van der Waals surface area contributed by atoms with Crippen LogP contribution in [0.3, 0.4) is 0 Å². The molecule has 0 amide bonds. The van der Waals surface area contributed by atoms with Crippen LogP contribution in [0.1, 0.15) is 11.3 Å². The highest BCUT2D eigenvalue weighted by Gasteiger charge is 2.04. The molecule has 1 aromatic carbocycles. The highest BCUT2D eigenvalue weighted by atomic mass is 16.5. The first-order valence-corrected chi connectivity index (χ1v) is 6.10. The van der Waals surface area contributed by atoms with Crippen molar-refractivity contribution in [1.82, 2.24) is 9.55 Å². The van der Waals surface area contributed by atoms with Crippen LogP contribution in [-0.2, 0) is 17.8 Å². The lowest BCUT2D eigenvalue weighted by molar-refractivity contribution is 0.187. The lowest BCUT2D eigenvalue weighted by atomic mass is 10.2. The topological polar surface area (TPSA) is 39.1 Å². The van der Waals surface area contributed by atoms with Gasteiger partial charge in [-0.1, -0.05) is 30.3 Å². The lowest BCUT2D eigenvalue weighted by Crippen LogP contribution is -2.09. The van der Waals surface area contributed by atoms with E-state index >= 15 is 0 Å². The molecule has 0 aliphatic carbocycles. The van der Waals surface area contributed by atoms with Crippen LogP contribution >= 0.6 is 0 Å². The molecule has 0 radical (unpaired) electrons. The molecule has 1 aromatic heterocycles. The number of benzene rings is 1. The van der Waals surface area contributed by atoms with Crippen LogP contribution in [0.25, 0.3) is 0 Å². The number of rotatable bonds is 6. The average Bonchev–Trinajstić information content (AvgIpc) is 2.75. The summed E-state index contributed by atoms with van der Waals surface area (Å²) >= 11 is 0. The molecule has 18 heavy (non-hydrogen) atoms. The second kappa shape index (κ2) is 6.21. The van der Waals surface area contributed by atoms with E-state index in [1.807, 2.05) is 31.3 Å². The molecule has 0 saturated carbocycles. The smallest absolute Gasteiger partial charge is 0.203 e. The fourth-order valence-corrected chi connectivity index (χ4v) is 1.82. The van der Waals surface area contributed by atoms with Crippen LogP contribution in [-0.4, -0.2) is 23.3 Å². The number of anilines is 1. The monoisotopic (exact) mass is 245 g/mol. The maximum Gasteiger partial charge on any atom is 0.203 e. The van der Waals surface area contributed by atoms with Crippen molar-refractivity contribution in [2.75, 3.05) is 19.0 Å². The summed E-state index contributed by atoms with van der Waals surface area (Å²) in [5, 5.41) is 3.36. The molecule has 0 fully saturated rings. The van der Waals surface area contributed by atoms with Crippen LogP contribution in [0.15, 0.2) is 36.5 Å². The zero-order valence-corrected chi connectivity index (χ0v) is 10.9. The van der Waals surface area contributed by atoms with E-state index < -0.39 is 0 Å². The number of nitrogens with one attached hydrogen (secondary N) is 1. The van der Waals surface area contributed by atoms with Crippen LogP contribution in [0, 0.1) is 6.92 Å². The third-order valence-electron chi connectivity index (χ3n) is 2.73. The van der Waals surface area contributed by atoms with E-state index in [1.54, 1.807) is 7.11 Å². The number of imidazole rings is 1. The fourth-order valence-electron chi connectivity index (χ4n) is 1.82. The van der Waals surface area contributed by atoms with Gasteiger partial charge in [0.05, 0.1) is 12.3 Å².